The lowest BCUT2D eigenvalue weighted by Gasteiger charge is -2.29. The number of thiol groups is 1. The highest BCUT2D eigenvalue weighted by atomic mass is 32.1. The number of ether oxygens (including phenoxy) is 1. The molecule has 11 heteroatoms. The van der Waals surface area contributed by atoms with Crippen LogP contribution in [0.1, 0.15) is 44.9 Å². The van der Waals surface area contributed by atoms with Gasteiger partial charge in [-0.3, -0.25) is 15.3 Å². The number of aromatic nitrogens is 3. The Bertz CT molecular complexity index is 1500. The Balaban J connectivity index is 1.37. The molecule has 1 aliphatic heterocycles. The summed E-state index contributed by atoms with van der Waals surface area (Å²) in [7, 11) is 0. The second kappa shape index (κ2) is 10.8. The largest absolute Gasteiger partial charge is 0.478 e. The van der Waals surface area contributed by atoms with Crippen molar-refractivity contribution >= 4 is 24.8 Å². The molecule has 2 aromatic carbocycles. The van der Waals surface area contributed by atoms with Crippen LogP contribution in [0.2, 0.25) is 0 Å². The predicted molar refractivity (Wildman–Crippen MR) is 139 cm³/mol. The summed E-state index contributed by atoms with van der Waals surface area (Å²) in [5.74, 6) is 5.16. The van der Waals surface area contributed by atoms with E-state index in [2.05, 4.69) is 45.4 Å². The number of allylic oxidation sites excluding steroid dienone is 1. The fraction of sp³-hybridized carbons (Fsp3) is 0.185. The maximum Gasteiger partial charge on any atom is 0.336 e. The molecule has 5 rings (SSSR count). The molecule has 0 bridgehead atoms. The van der Waals surface area contributed by atoms with Crippen LogP contribution in [0.3, 0.4) is 0 Å². The van der Waals surface area contributed by atoms with Crippen LogP contribution >= 0.6 is 12.9 Å². The summed E-state index contributed by atoms with van der Waals surface area (Å²) in [6, 6.07) is 16.2. The summed E-state index contributed by atoms with van der Waals surface area (Å²) < 4.78 is 11.3. The van der Waals surface area contributed by atoms with Crippen LogP contribution in [0.25, 0.3) is 0 Å². The van der Waals surface area contributed by atoms with Crippen molar-refractivity contribution in [1.82, 2.24) is 25.6 Å². The van der Waals surface area contributed by atoms with Crippen molar-refractivity contribution in [2.75, 3.05) is 6.73 Å². The quantitative estimate of drug-likeness (QED) is 0.218. The molecular formula is C27H23N5O5S. The molecule has 0 saturated carbocycles. The number of aromatic carboxylic acids is 1. The number of hydrazine groups is 1. The molecule has 1 amide bonds. The van der Waals surface area contributed by atoms with E-state index in [1.54, 1.807) is 18.2 Å². The number of carboxylic acids is 1. The number of carboxylic acid groups (broad SMARTS) is 1. The van der Waals surface area contributed by atoms with Gasteiger partial charge in [0, 0.05) is 17.9 Å². The van der Waals surface area contributed by atoms with Crippen molar-refractivity contribution in [3.8, 4) is 11.8 Å². The zero-order chi connectivity index (χ0) is 26.6. The van der Waals surface area contributed by atoms with Gasteiger partial charge in [-0.25, -0.2) is 14.8 Å². The number of nitrogens with one attached hydrogen (secondary N) is 2. The van der Waals surface area contributed by atoms with E-state index >= 15 is 0 Å². The second-order valence-corrected chi connectivity index (χ2v) is 8.90. The lowest BCUT2D eigenvalue weighted by molar-refractivity contribution is 0.0649. The average Bonchev–Trinajstić information content (AvgIpc) is 3.56. The van der Waals surface area contributed by atoms with Gasteiger partial charge >= 0.3 is 11.9 Å². The lowest BCUT2D eigenvalue weighted by atomic mass is 9.91. The van der Waals surface area contributed by atoms with Gasteiger partial charge in [0.1, 0.15) is 17.6 Å². The van der Waals surface area contributed by atoms with Gasteiger partial charge < -0.3 is 14.0 Å². The Morgan fingerprint density at radius 3 is 2.74 bits per heavy atom. The summed E-state index contributed by atoms with van der Waals surface area (Å²) in [5.41, 5.74) is 5.39. The molecule has 192 valence electrons. The van der Waals surface area contributed by atoms with Crippen LogP contribution in [-0.4, -0.2) is 50.0 Å². The maximum atomic E-state index is 13.0. The van der Waals surface area contributed by atoms with Gasteiger partial charge in [0.15, 0.2) is 12.5 Å². The molecule has 10 nitrogen and oxygen atoms in total. The Kier molecular flexibility index (Phi) is 7.17. The minimum Gasteiger partial charge on any atom is -0.478 e. The molecule has 1 aliphatic carbocycles. The highest BCUT2D eigenvalue weighted by Gasteiger charge is 2.40. The van der Waals surface area contributed by atoms with Crippen LogP contribution in [0, 0.1) is 17.8 Å². The van der Waals surface area contributed by atoms with Gasteiger partial charge in [-0.2, -0.15) is 0 Å². The number of nitrogens with zero attached hydrogens (tertiary/aromatic N) is 3. The lowest BCUT2D eigenvalue weighted by Crippen LogP contribution is -2.45. The third kappa shape index (κ3) is 5.13. The molecule has 0 unspecified atom stereocenters. The van der Waals surface area contributed by atoms with Crippen molar-refractivity contribution < 1.29 is 23.6 Å². The van der Waals surface area contributed by atoms with E-state index in [9.17, 15) is 14.7 Å². The number of benzene rings is 2. The Morgan fingerprint density at radius 1 is 1.21 bits per heavy atom. The van der Waals surface area contributed by atoms with E-state index in [0.717, 1.165) is 5.56 Å². The fourth-order valence-corrected chi connectivity index (χ4v) is 4.55. The molecule has 0 spiro atoms. The highest BCUT2D eigenvalue weighted by Crippen LogP contribution is 2.37. The van der Waals surface area contributed by atoms with E-state index in [1.165, 1.54) is 11.1 Å². The first-order chi connectivity index (χ1) is 18.4. The maximum absolute atomic E-state index is 13.0. The average molecular weight is 530 g/mol. The van der Waals surface area contributed by atoms with Gasteiger partial charge in [0.2, 0.25) is 5.82 Å². The molecule has 38 heavy (non-hydrogen) atoms. The van der Waals surface area contributed by atoms with E-state index in [0.29, 0.717) is 34.8 Å². The molecule has 3 N–H and O–H groups in total. The van der Waals surface area contributed by atoms with Gasteiger partial charge in [-0.1, -0.05) is 67.3 Å². The number of carbonyl (C=O) groups is 2. The first-order valence-corrected chi connectivity index (χ1v) is 12.1. The predicted octanol–water partition coefficient (Wildman–Crippen LogP) is 3.10. The molecule has 0 saturated heterocycles. The smallest absolute Gasteiger partial charge is 0.336 e. The molecule has 3 aromatic rings. The Labute approximate surface area is 224 Å². The summed E-state index contributed by atoms with van der Waals surface area (Å²) in [6.07, 6.45) is 1.84. The minimum absolute atomic E-state index is 0.00277. The van der Waals surface area contributed by atoms with Gasteiger partial charge in [0.25, 0.3) is 0 Å². The molecule has 0 radical (unpaired) electrons. The summed E-state index contributed by atoms with van der Waals surface area (Å²) in [4.78, 5) is 28.8. The van der Waals surface area contributed by atoms with Gasteiger partial charge in [-0.05, 0) is 30.6 Å². The van der Waals surface area contributed by atoms with E-state index in [1.807, 2.05) is 43.3 Å². The van der Waals surface area contributed by atoms with Crippen molar-refractivity contribution in [3.63, 3.8) is 0 Å². The molecule has 2 heterocycles. The number of hydrogen-bond acceptors (Lipinski definition) is 8. The van der Waals surface area contributed by atoms with E-state index < -0.39 is 18.0 Å². The second-order valence-electron chi connectivity index (χ2n) is 8.69. The standard InChI is InChI=1S/C27H23N5O5S/c1-16-13-19(12-11-18-9-5-6-10-20(18)27(34)35)24-22(23(16)37-38)32(15-36-24)31-26(33)25-28-21(29-30-25)14-17-7-3-2-4-8-17/h2-10,13,16,23,38H,14-15H2,1H3,(H,31,33)(H,34,35)(H,28,29,30)/t16-,23-/m0/s1. The van der Waals surface area contributed by atoms with Crippen molar-refractivity contribution in [2.24, 2.45) is 5.92 Å². The molecule has 1 aromatic heterocycles. The van der Waals surface area contributed by atoms with Crippen LogP contribution < -0.4 is 5.43 Å². The zero-order valence-corrected chi connectivity index (χ0v) is 21.1. The van der Waals surface area contributed by atoms with Crippen molar-refractivity contribution in [2.45, 2.75) is 19.4 Å². The monoisotopic (exact) mass is 529 g/mol. The molecule has 0 fully saturated rings. The van der Waals surface area contributed by atoms with E-state index in [4.69, 9.17) is 8.92 Å². The third-order valence-corrected chi connectivity index (χ3v) is 6.30. The number of amides is 1. The number of carbonyl (C=O) groups excluding carboxylic acids is 1. The SMILES string of the molecule is C[C@H]1C=C(C#Cc2ccccc2C(=O)O)C2=C([C@H]1OS)N(NC(=O)c1n[nH]c(Cc3ccccc3)n1)CO2. The third-order valence-electron chi connectivity index (χ3n) is 6.07. The minimum atomic E-state index is -1.06. The first-order valence-electron chi connectivity index (χ1n) is 11.7. The summed E-state index contributed by atoms with van der Waals surface area (Å²) in [5, 5.41) is 17.8. The van der Waals surface area contributed by atoms with Gasteiger partial charge in [-0.15, -0.1) is 5.10 Å². The molecule has 2 atom stereocenters. The molecule has 2 aliphatic rings. The van der Waals surface area contributed by atoms with Crippen LogP contribution in [0.4, 0.5) is 0 Å². The van der Waals surface area contributed by atoms with Crippen molar-refractivity contribution in [3.05, 3.63) is 106 Å². The molecular weight excluding hydrogens is 506 g/mol. The number of aromatic amines is 1. The normalized spacial score (nSPS) is 18.2. The van der Waals surface area contributed by atoms with Crippen LogP contribution in [0.5, 0.6) is 0 Å². The van der Waals surface area contributed by atoms with E-state index in [-0.39, 0.29) is 24.0 Å². The zero-order valence-electron chi connectivity index (χ0n) is 20.2. The van der Waals surface area contributed by atoms with Gasteiger partial charge in [0.05, 0.1) is 11.1 Å². The number of H-pyrrole nitrogens is 1. The van der Waals surface area contributed by atoms with Crippen LogP contribution in [-0.2, 0) is 15.3 Å². The Morgan fingerprint density at radius 2 is 1.97 bits per heavy atom. The number of hydrogen-bond donors (Lipinski definition) is 4. The fourth-order valence-electron chi connectivity index (χ4n) is 4.26. The van der Waals surface area contributed by atoms with Crippen LogP contribution in [0.15, 0.2) is 77.7 Å². The highest BCUT2D eigenvalue weighted by molar-refractivity contribution is 7.75. The first kappa shape index (κ1) is 25.1. The Hall–Kier alpha value is -4.53. The van der Waals surface area contributed by atoms with Crippen molar-refractivity contribution in [1.29, 1.82) is 0 Å². The number of rotatable bonds is 6. The summed E-state index contributed by atoms with van der Waals surface area (Å²) >= 11 is 4.04. The topological polar surface area (TPSA) is 130 Å². The summed E-state index contributed by atoms with van der Waals surface area (Å²) in [6.45, 7) is 1.92.